The molecule has 0 saturated heterocycles. The third-order valence-corrected chi connectivity index (χ3v) is 6.78. The maximum atomic E-state index is 12.2. The molecule has 0 aliphatic heterocycles. The van der Waals surface area contributed by atoms with Crippen molar-refractivity contribution in [2.45, 2.75) is 117 Å². The van der Waals surface area contributed by atoms with Crippen LogP contribution in [0.4, 0.5) is 11.4 Å². The van der Waals surface area contributed by atoms with Crippen LogP contribution < -0.4 is 10.6 Å². The number of hydrogen-bond donors (Lipinski definition) is 2. The fourth-order valence-corrected chi connectivity index (χ4v) is 4.90. The molecule has 166 valence electrons. The molecule has 2 amide bonds. The Kier molecular flexibility index (Phi) is 15.9. The molecule has 0 aromatic carbocycles. The van der Waals surface area contributed by atoms with Gasteiger partial charge < -0.3 is 0 Å². The number of amides is 2. The van der Waals surface area contributed by atoms with Crippen molar-refractivity contribution >= 4 is 37.7 Å². The summed E-state index contributed by atoms with van der Waals surface area (Å²) in [6.07, 6.45) is 18.1. The van der Waals surface area contributed by atoms with Crippen LogP contribution in [0.1, 0.15) is 117 Å². The van der Waals surface area contributed by atoms with Gasteiger partial charge in [0.2, 0.25) is 0 Å². The van der Waals surface area contributed by atoms with Crippen LogP contribution in [0.15, 0.2) is 9.88 Å². The Labute approximate surface area is 184 Å². The molecule has 0 bridgehead atoms. The summed E-state index contributed by atoms with van der Waals surface area (Å²) in [5.74, 6) is 0.129. The molecular formula is C24H42N2O2Se. The first-order valence-corrected chi connectivity index (χ1v) is 13.8. The van der Waals surface area contributed by atoms with Gasteiger partial charge in [0.05, 0.1) is 0 Å². The fourth-order valence-electron chi connectivity index (χ4n) is 3.40. The zero-order valence-corrected chi connectivity index (χ0v) is 20.4. The van der Waals surface area contributed by atoms with E-state index in [9.17, 15) is 9.59 Å². The molecule has 1 rings (SSSR count). The molecule has 0 atom stereocenters. The Morgan fingerprint density at radius 1 is 0.621 bits per heavy atom. The van der Waals surface area contributed by atoms with Gasteiger partial charge in [0.25, 0.3) is 0 Å². The summed E-state index contributed by atoms with van der Waals surface area (Å²) >= 11 is 0.212. The van der Waals surface area contributed by atoms with E-state index in [2.05, 4.69) is 24.5 Å². The molecule has 5 heteroatoms. The van der Waals surface area contributed by atoms with Crippen LogP contribution in [0.3, 0.4) is 0 Å². The van der Waals surface area contributed by atoms with E-state index in [4.69, 9.17) is 0 Å². The standard InChI is InChI=1S/C24H42N2O2Se/c1-3-5-7-9-11-13-15-17-23(27)25-21-19-29-20-22(21)26-24(28)18-16-14-12-10-8-6-4-2/h19-20H,3-18H2,1-2H3,(H,25,27)(H,26,28). The van der Waals surface area contributed by atoms with Crippen molar-refractivity contribution in [3.63, 3.8) is 0 Å². The van der Waals surface area contributed by atoms with Crippen LogP contribution in [0.5, 0.6) is 0 Å². The first-order valence-electron chi connectivity index (χ1n) is 11.8. The number of hydrogen-bond acceptors (Lipinski definition) is 2. The zero-order chi connectivity index (χ0) is 21.2. The monoisotopic (exact) mass is 470 g/mol. The summed E-state index contributed by atoms with van der Waals surface area (Å²) < 4.78 is 0. The Morgan fingerprint density at radius 3 is 1.34 bits per heavy atom. The van der Waals surface area contributed by atoms with E-state index in [0.717, 1.165) is 37.1 Å². The first kappa shape index (κ1) is 26.0. The molecule has 1 aromatic rings. The number of unbranched alkanes of at least 4 members (excludes halogenated alkanes) is 12. The van der Waals surface area contributed by atoms with Crippen LogP contribution in [-0.2, 0) is 9.59 Å². The topological polar surface area (TPSA) is 58.2 Å². The number of rotatable bonds is 18. The summed E-state index contributed by atoms with van der Waals surface area (Å²) in [5, 5.41) is 5.99. The third kappa shape index (κ3) is 13.7. The molecule has 0 aliphatic rings. The Hall–Kier alpha value is -1.06. The van der Waals surface area contributed by atoms with Crippen molar-refractivity contribution in [2.75, 3.05) is 10.6 Å². The summed E-state index contributed by atoms with van der Waals surface area (Å²) in [6.45, 7) is 4.45. The van der Waals surface area contributed by atoms with Gasteiger partial charge in [-0.1, -0.05) is 13.8 Å². The molecule has 2 N–H and O–H groups in total. The van der Waals surface area contributed by atoms with E-state index >= 15 is 0 Å². The average molecular weight is 470 g/mol. The van der Waals surface area contributed by atoms with Gasteiger partial charge in [0.15, 0.2) is 0 Å². The number of anilines is 2. The van der Waals surface area contributed by atoms with Crippen LogP contribution in [0.25, 0.3) is 0 Å². The van der Waals surface area contributed by atoms with Crippen molar-refractivity contribution in [1.82, 2.24) is 0 Å². The molecule has 29 heavy (non-hydrogen) atoms. The zero-order valence-electron chi connectivity index (χ0n) is 18.7. The first-order chi connectivity index (χ1) is 14.2. The van der Waals surface area contributed by atoms with Gasteiger partial charge in [-0.25, -0.2) is 0 Å². The summed E-state index contributed by atoms with van der Waals surface area (Å²) in [7, 11) is 0. The predicted molar refractivity (Wildman–Crippen MR) is 126 cm³/mol. The summed E-state index contributed by atoms with van der Waals surface area (Å²) in [5.41, 5.74) is 1.59. The van der Waals surface area contributed by atoms with Crippen molar-refractivity contribution in [3.8, 4) is 0 Å². The summed E-state index contributed by atoms with van der Waals surface area (Å²) in [4.78, 5) is 28.5. The fraction of sp³-hybridized carbons (Fsp3) is 0.750. The van der Waals surface area contributed by atoms with E-state index in [1.54, 1.807) is 0 Å². The molecule has 0 spiro atoms. The molecule has 4 nitrogen and oxygen atoms in total. The van der Waals surface area contributed by atoms with Gasteiger partial charge in [0.1, 0.15) is 0 Å². The molecule has 1 heterocycles. The third-order valence-electron chi connectivity index (χ3n) is 5.22. The normalized spacial score (nSPS) is 10.8. The predicted octanol–water partition coefficient (Wildman–Crippen LogP) is 6.90. The second-order valence-electron chi connectivity index (χ2n) is 8.04. The van der Waals surface area contributed by atoms with Gasteiger partial charge >= 0.3 is 171 Å². The SMILES string of the molecule is CCCCCCCCCC(=O)Nc1c[se]cc1NC(=O)CCCCCCCCC. The number of nitrogens with one attached hydrogen (secondary N) is 2. The quantitative estimate of drug-likeness (QED) is 0.181. The van der Waals surface area contributed by atoms with Crippen molar-refractivity contribution in [1.29, 1.82) is 0 Å². The van der Waals surface area contributed by atoms with E-state index in [-0.39, 0.29) is 26.3 Å². The molecule has 0 radical (unpaired) electrons. The van der Waals surface area contributed by atoms with Gasteiger partial charge in [0, 0.05) is 0 Å². The second-order valence-corrected chi connectivity index (χ2v) is 9.60. The minimum atomic E-state index is 0.0646. The van der Waals surface area contributed by atoms with Gasteiger partial charge in [-0.2, -0.15) is 0 Å². The smallest absolute Gasteiger partial charge is 0.0654 e. The Balaban J connectivity index is 2.17. The Morgan fingerprint density at radius 2 is 0.966 bits per heavy atom. The minimum absolute atomic E-state index is 0.0646. The average Bonchev–Trinajstić information content (AvgIpc) is 3.13. The van der Waals surface area contributed by atoms with Crippen molar-refractivity contribution < 1.29 is 9.59 Å². The molecular weight excluding hydrogens is 427 g/mol. The summed E-state index contributed by atoms with van der Waals surface area (Å²) in [6, 6.07) is 0. The Bertz CT molecular complexity index is 510. The molecule has 1 aromatic heterocycles. The maximum absolute atomic E-state index is 12.2. The van der Waals surface area contributed by atoms with Gasteiger partial charge in [-0.05, 0) is 0 Å². The molecule has 0 fully saturated rings. The minimum Gasteiger partial charge on any atom is -0.0654 e. The van der Waals surface area contributed by atoms with Crippen LogP contribution >= 0.6 is 0 Å². The van der Waals surface area contributed by atoms with Gasteiger partial charge in [-0.3, -0.25) is 0 Å². The second kappa shape index (κ2) is 17.8. The van der Waals surface area contributed by atoms with Crippen molar-refractivity contribution in [2.24, 2.45) is 0 Å². The van der Waals surface area contributed by atoms with E-state index < -0.39 is 0 Å². The van der Waals surface area contributed by atoms with Crippen LogP contribution in [0.2, 0.25) is 0 Å². The molecule has 0 unspecified atom stereocenters. The molecule has 0 aliphatic carbocycles. The van der Waals surface area contributed by atoms with Crippen LogP contribution in [0, 0.1) is 0 Å². The van der Waals surface area contributed by atoms with E-state index in [1.165, 1.54) is 64.2 Å². The molecule has 0 saturated carbocycles. The van der Waals surface area contributed by atoms with Crippen LogP contribution in [-0.4, -0.2) is 26.3 Å². The number of carbonyl (C=O) groups is 2. The van der Waals surface area contributed by atoms with Gasteiger partial charge in [-0.15, -0.1) is 0 Å². The number of carbonyl (C=O) groups excluding carboxylic acids is 2. The van der Waals surface area contributed by atoms with Crippen molar-refractivity contribution in [3.05, 3.63) is 9.88 Å². The van der Waals surface area contributed by atoms with E-state index in [1.807, 2.05) is 9.88 Å². The van der Waals surface area contributed by atoms with E-state index in [0.29, 0.717) is 12.8 Å².